The van der Waals surface area contributed by atoms with E-state index in [1.807, 2.05) is 37.3 Å². The topological polar surface area (TPSA) is 95.1 Å². The Kier molecular flexibility index (Phi) is 7.43. The van der Waals surface area contributed by atoms with Gasteiger partial charge in [-0.25, -0.2) is 14.2 Å². The zero-order chi connectivity index (χ0) is 27.5. The summed E-state index contributed by atoms with van der Waals surface area (Å²) in [5.74, 6) is -1.67. The molecule has 0 radical (unpaired) electrons. The number of hydrogen-bond acceptors (Lipinski definition) is 3. The van der Waals surface area contributed by atoms with Crippen molar-refractivity contribution in [1.82, 2.24) is 15.3 Å². The molecule has 5 aromatic rings. The molecule has 39 heavy (non-hydrogen) atoms. The van der Waals surface area contributed by atoms with Crippen molar-refractivity contribution in [1.29, 1.82) is 0 Å². The maximum atomic E-state index is 14.3. The van der Waals surface area contributed by atoms with Crippen LogP contribution in [-0.2, 0) is 0 Å². The van der Waals surface area contributed by atoms with Crippen LogP contribution in [0.15, 0.2) is 84.9 Å². The number of benzene rings is 4. The number of carbonyl (C=O) groups excluding carboxylic acids is 1. The van der Waals surface area contributed by atoms with Crippen LogP contribution in [0, 0.1) is 5.82 Å². The Morgan fingerprint density at radius 2 is 1.74 bits per heavy atom. The van der Waals surface area contributed by atoms with E-state index in [1.165, 1.54) is 12.1 Å². The van der Waals surface area contributed by atoms with Crippen molar-refractivity contribution in [3.8, 4) is 22.5 Å². The number of halogens is 2. The Morgan fingerprint density at radius 1 is 0.974 bits per heavy atom. The first-order chi connectivity index (χ1) is 18.9. The van der Waals surface area contributed by atoms with Gasteiger partial charge in [-0.3, -0.25) is 4.79 Å². The number of aromatic nitrogens is 2. The minimum Gasteiger partial charge on any atom is -0.478 e. The van der Waals surface area contributed by atoms with E-state index in [9.17, 15) is 19.1 Å². The van der Waals surface area contributed by atoms with Crippen molar-refractivity contribution < 1.29 is 19.1 Å². The summed E-state index contributed by atoms with van der Waals surface area (Å²) < 4.78 is 14.3. The number of carbonyl (C=O) groups is 2. The number of para-hydroxylation sites is 1. The monoisotopic (exact) mass is 541 g/mol. The van der Waals surface area contributed by atoms with Crippen LogP contribution in [0.3, 0.4) is 0 Å². The molecular weight excluding hydrogens is 517 g/mol. The molecule has 0 bridgehead atoms. The summed E-state index contributed by atoms with van der Waals surface area (Å²) in [5, 5.41) is 13.5. The molecule has 196 valence electrons. The molecule has 0 spiro atoms. The second kappa shape index (κ2) is 11.1. The van der Waals surface area contributed by atoms with Crippen LogP contribution in [0.1, 0.15) is 52.1 Å². The van der Waals surface area contributed by atoms with Gasteiger partial charge in [0.1, 0.15) is 11.3 Å². The maximum Gasteiger partial charge on any atom is 0.336 e. The number of carboxylic acids is 1. The highest BCUT2D eigenvalue weighted by molar-refractivity contribution is 6.31. The van der Waals surface area contributed by atoms with Crippen molar-refractivity contribution in [2.75, 3.05) is 0 Å². The number of fused-ring (bicyclic) bond motifs is 1. The second-order valence-corrected chi connectivity index (χ2v) is 9.64. The lowest BCUT2D eigenvalue weighted by atomic mass is 9.93. The smallest absolute Gasteiger partial charge is 0.336 e. The van der Waals surface area contributed by atoms with Crippen molar-refractivity contribution in [2.45, 2.75) is 25.8 Å². The number of nitrogens with zero attached hydrogens (tertiary/aromatic N) is 1. The number of H-pyrrole nitrogens is 1. The van der Waals surface area contributed by atoms with E-state index in [0.29, 0.717) is 33.1 Å². The van der Waals surface area contributed by atoms with Gasteiger partial charge in [0.2, 0.25) is 0 Å². The predicted molar refractivity (Wildman–Crippen MR) is 150 cm³/mol. The van der Waals surface area contributed by atoms with Gasteiger partial charge in [0.05, 0.1) is 17.1 Å². The average Bonchev–Trinajstić information content (AvgIpc) is 3.38. The quantitative estimate of drug-likeness (QED) is 0.188. The Hall–Kier alpha value is -4.49. The number of carboxylic acid groups (broad SMARTS) is 1. The number of hydrogen-bond donors (Lipinski definition) is 3. The largest absolute Gasteiger partial charge is 0.478 e. The molecule has 0 fully saturated rings. The van der Waals surface area contributed by atoms with E-state index in [2.05, 4.69) is 15.3 Å². The van der Waals surface area contributed by atoms with E-state index >= 15 is 0 Å². The first kappa shape index (κ1) is 26.1. The number of amides is 1. The molecular formula is C31H25ClFN3O3. The number of aromatic carboxylic acids is 1. The van der Waals surface area contributed by atoms with E-state index in [0.717, 1.165) is 18.4 Å². The molecule has 1 atom stereocenters. The predicted octanol–water partition coefficient (Wildman–Crippen LogP) is 7.66. The van der Waals surface area contributed by atoms with Crippen LogP contribution in [0.25, 0.3) is 33.5 Å². The van der Waals surface area contributed by atoms with Gasteiger partial charge in [0, 0.05) is 16.1 Å². The Bertz CT molecular complexity index is 1680. The van der Waals surface area contributed by atoms with Gasteiger partial charge in [-0.05, 0) is 65.6 Å². The molecule has 0 unspecified atom stereocenters. The highest BCUT2D eigenvalue weighted by atomic mass is 35.5. The molecule has 4 aromatic carbocycles. The third-order valence-electron chi connectivity index (χ3n) is 6.59. The summed E-state index contributed by atoms with van der Waals surface area (Å²) in [6.45, 7) is 2.04. The fourth-order valence-corrected chi connectivity index (χ4v) is 4.88. The summed E-state index contributed by atoms with van der Waals surface area (Å²) in [4.78, 5) is 33.1. The summed E-state index contributed by atoms with van der Waals surface area (Å²) in [5.41, 5.74) is 3.21. The van der Waals surface area contributed by atoms with Crippen molar-refractivity contribution >= 4 is 34.5 Å². The third-order valence-corrected chi connectivity index (χ3v) is 6.82. The molecule has 1 heterocycles. The summed E-state index contributed by atoms with van der Waals surface area (Å²) in [6.07, 6.45) is 1.60. The van der Waals surface area contributed by atoms with Crippen LogP contribution < -0.4 is 5.32 Å². The van der Waals surface area contributed by atoms with Crippen LogP contribution in [0.4, 0.5) is 4.39 Å². The SMILES string of the molecule is CCC[C@@H](NC(=O)c1ccc(-c2cc(Cl)ccc2-c2nc3c(F)cccc3[nH]2)c(C(=O)O)c1)c1ccccc1. The lowest BCUT2D eigenvalue weighted by Gasteiger charge is -2.19. The van der Waals surface area contributed by atoms with Crippen LogP contribution >= 0.6 is 11.6 Å². The van der Waals surface area contributed by atoms with Gasteiger partial charge >= 0.3 is 5.97 Å². The lowest BCUT2D eigenvalue weighted by molar-refractivity contribution is 0.0697. The molecule has 0 saturated heterocycles. The number of imidazole rings is 1. The first-order valence-corrected chi connectivity index (χ1v) is 12.9. The summed E-state index contributed by atoms with van der Waals surface area (Å²) >= 11 is 6.31. The molecule has 0 aliphatic heterocycles. The van der Waals surface area contributed by atoms with Gasteiger partial charge in [-0.2, -0.15) is 0 Å². The highest BCUT2D eigenvalue weighted by Gasteiger charge is 2.22. The lowest BCUT2D eigenvalue weighted by Crippen LogP contribution is -2.28. The van der Waals surface area contributed by atoms with E-state index in [1.54, 1.807) is 42.5 Å². The minimum atomic E-state index is -1.20. The second-order valence-electron chi connectivity index (χ2n) is 9.20. The average molecular weight is 542 g/mol. The molecule has 5 rings (SSSR count). The van der Waals surface area contributed by atoms with Gasteiger partial charge in [0.25, 0.3) is 5.91 Å². The minimum absolute atomic E-state index is 0.0692. The van der Waals surface area contributed by atoms with Crippen LogP contribution in [0.5, 0.6) is 0 Å². The molecule has 0 saturated carbocycles. The fourth-order valence-electron chi connectivity index (χ4n) is 4.71. The Balaban J connectivity index is 1.55. The summed E-state index contributed by atoms with van der Waals surface area (Å²) in [6, 6.07) is 23.6. The Labute approximate surface area is 229 Å². The molecule has 6 nitrogen and oxygen atoms in total. The molecule has 1 amide bonds. The van der Waals surface area contributed by atoms with Gasteiger partial charge in [-0.15, -0.1) is 0 Å². The maximum absolute atomic E-state index is 14.3. The van der Waals surface area contributed by atoms with Crippen molar-refractivity contribution in [2.24, 2.45) is 0 Å². The molecule has 0 aliphatic carbocycles. The van der Waals surface area contributed by atoms with Crippen molar-refractivity contribution in [3.05, 3.63) is 112 Å². The molecule has 8 heteroatoms. The van der Waals surface area contributed by atoms with Gasteiger partial charge in [0.15, 0.2) is 5.82 Å². The Morgan fingerprint density at radius 3 is 2.46 bits per heavy atom. The normalized spacial score (nSPS) is 11.9. The third kappa shape index (κ3) is 5.40. The fraction of sp³-hybridized carbons (Fsp3) is 0.129. The van der Waals surface area contributed by atoms with Gasteiger partial charge in [-0.1, -0.05) is 67.4 Å². The first-order valence-electron chi connectivity index (χ1n) is 12.5. The zero-order valence-electron chi connectivity index (χ0n) is 21.0. The number of rotatable bonds is 8. The number of nitrogens with one attached hydrogen (secondary N) is 2. The van der Waals surface area contributed by atoms with Crippen LogP contribution in [-0.4, -0.2) is 27.0 Å². The standard InChI is InChI=1S/C31H25ClFN3O3/c1-2-7-26(18-8-4-3-5-9-18)35-30(37)19-12-14-21(24(16-19)31(38)39)23-17-20(32)13-15-22(23)29-34-27-11-6-10-25(33)28(27)36-29/h3-6,8-17,26H,2,7H2,1H3,(H,34,36)(H,35,37)(H,38,39)/t26-/m1/s1. The zero-order valence-corrected chi connectivity index (χ0v) is 21.8. The van der Waals surface area contributed by atoms with Crippen molar-refractivity contribution in [3.63, 3.8) is 0 Å². The molecule has 3 N–H and O–H groups in total. The molecule has 0 aliphatic rings. The van der Waals surface area contributed by atoms with E-state index in [-0.39, 0.29) is 28.6 Å². The van der Waals surface area contributed by atoms with E-state index < -0.39 is 11.8 Å². The highest BCUT2D eigenvalue weighted by Crippen LogP contribution is 2.36. The number of aromatic amines is 1. The van der Waals surface area contributed by atoms with E-state index in [4.69, 9.17) is 11.6 Å². The van der Waals surface area contributed by atoms with Crippen LogP contribution in [0.2, 0.25) is 5.02 Å². The van der Waals surface area contributed by atoms with Gasteiger partial charge < -0.3 is 15.4 Å². The summed E-state index contributed by atoms with van der Waals surface area (Å²) in [7, 11) is 0. The molecule has 1 aromatic heterocycles.